The summed E-state index contributed by atoms with van der Waals surface area (Å²) in [5, 5.41) is 0. The first-order valence-electron chi connectivity index (χ1n) is 5.14. The Labute approximate surface area is 130 Å². The Morgan fingerprint density at radius 1 is 0.889 bits per heavy atom. The molecule has 0 aliphatic heterocycles. The highest BCUT2D eigenvalue weighted by atomic mass is 79.9. The highest BCUT2D eigenvalue weighted by Crippen LogP contribution is 2.31. The molecule has 0 spiro atoms. The summed E-state index contributed by atoms with van der Waals surface area (Å²) in [6.45, 7) is 0. The van der Waals surface area contributed by atoms with Crippen molar-refractivity contribution < 1.29 is 4.39 Å². The highest BCUT2D eigenvalue weighted by Gasteiger charge is 2.08. The normalized spacial score (nSPS) is 10.7. The lowest BCUT2D eigenvalue weighted by Gasteiger charge is -2.09. The molecule has 18 heavy (non-hydrogen) atoms. The van der Waals surface area contributed by atoms with Crippen LogP contribution in [-0.2, 0) is 6.42 Å². The smallest absolute Gasteiger partial charge is 0.123 e. The van der Waals surface area contributed by atoms with E-state index < -0.39 is 0 Å². The predicted octanol–water partition coefficient (Wildman–Crippen LogP) is 5.29. The topological polar surface area (TPSA) is 26.0 Å². The van der Waals surface area contributed by atoms with Crippen molar-refractivity contribution in [2.24, 2.45) is 0 Å². The second-order valence-corrected chi connectivity index (χ2v) is 6.44. The van der Waals surface area contributed by atoms with Gasteiger partial charge in [-0.15, -0.1) is 0 Å². The number of halogens is 4. The summed E-state index contributed by atoms with van der Waals surface area (Å²) in [4.78, 5) is 0. The molecule has 0 saturated heterocycles. The molecule has 2 rings (SSSR count). The summed E-state index contributed by atoms with van der Waals surface area (Å²) in [5.41, 5.74) is 8.43. The number of nitrogens with two attached hydrogens (primary N) is 1. The Morgan fingerprint density at radius 2 is 1.56 bits per heavy atom. The molecular weight excluding hydrogens is 429 g/mol. The van der Waals surface area contributed by atoms with Gasteiger partial charge in [-0.2, -0.15) is 0 Å². The van der Waals surface area contributed by atoms with E-state index in [1.807, 2.05) is 12.1 Å². The Bertz CT molecular complexity index is 599. The van der Waals surface area contributed by atoms with Crippen molar-refractivity contribution in [2.45, 2.75) is 6.42 Å². The Morgan fingerprint density at radius 3 is 2.28 bits per heavy atom. The molecule has 0 aliphatic rings. The first kappa shape index (κ1) is 14.0. The average molecular weight is 438 g/mol. The molecule has 2 N–H and O–H groups in total. The molecule has 2 aromatic carbocycles. The first-order chi connectivity index (χ1) is 8.47. The van der Waals surface area contributed by atoms with Crippen LogP contribution in [0, 0.1) is 5.82 Å². The second-order valence-electron chi connectivity index (χ2n) is 3.88. The Kier molecular flexibility index (Phi) is 4.45. The Balaban J connectivity index is 2.40. The minimum Gasteiger partial charge on any atom is -0.398 e. The van der Waals surface area contributed by atoms with Crippen molar-refractivity contribution in [1.82, 2.24) is 0 Å². The third-order valence-corrected chi connectivity index (χ3v) is 4.75. The van der Waals surface area contributed by atoms with Crippen molar-refractivity contribution >= 4 is 53.5 Å². The van der Waals surface area contributed by atoms with Gasteiger partial charge < -0.3 is 5.73 Å². The van der Waals surface area contributed by atoms with Gasteiger partial charge in [0.15, 0.2) is 0 Å². The zero-order valence-electron chi connectivity index (χ0n) is 9.18. The summed E-state index contributed by atoms with van der Waals surface area (Å²) in [5.74, 6) is -0.241. The van der Waals surface area contributed by atoms with E-state index in [9.17, 15) is 4.39 Å². The molecule has 0 heterocycles. The van der Waals surface area contributed by atoms with E-state index in [2.05, 4.69) is 47.8 Å². The maximum absolute atomic E-state index is 13.2. The predicted molar refractivity (Wildman–Crippen MR) is 83.2 cm³/mol. The largest absolute Gasteiger partial charge is 0.398 e. The van der Waals surface area contributed by atoms with Gasteiger partial charge in [0.1, 0.15) is 5.82 Å². The third-order valence-electron chi connectivity index (χ3n) is 2.55. The van der Waals surface area contributed by atoms with Gasteiger partial charge in [0, 0.05) is 19.1 Å². The number of rotatable bonds is 2. The summed E-state index contributed by atoms with van der Waals surface area (Å²) in [7, 11) is 0. The van der Waals surface area contributed by atoms with Crippen LogP contribution in [0.2, 0.25) is 0 Å². The first-order valence-corrected chi connectivity index (χ1v) is 7.52. The van der Waals surface area contributed by atoms with Crippen molar-refractivity contribution in [3.05, 3.63) is 60.7 Å². The van der Waals surface area contributed by atoms with Crippen LogP contribution in [0.3, 0.4) is 0 Å². The minimum atomic E-state index is -0.241. The number of hydrogen-bond acceptors (Lipinski definition) is 1. The molecule has 0 aliphatic carbocycles. The molecule has 0 fully saturated rings. The third kappa shape index (κ3) is 3.13. The SMILES string of the molecule is Nc1cc(Cc2cc(F)ccc2Br)c(Br)cc1Br. The van der Waals surface area contributed by atoms with Gasteiger partial charge in [-0.25, -0.2) is 4.39 Å². The summed E-state index contributed by atoms with van der Waals surface area (Å²) < 4.78 is 15.9. The number of anilines is 1. The Hall–Kier alpha value is -0.390. The monoisotopic (exact) mass is 435 g/mol. The second kappa shape index (κ2) is 5.72. The molecule has 0 unspecified atom stereocenters. The summed E-state index contributed by atoms with van der Waals surface area (Å²) >= 11 is 10.3. The molecular formula is C13H9Br3FN. The van der Waals surface area contributed by atoms with E-state index in [0.717, 1.165) is 24.5 Å². The average Bonchev–Trinajstić information content (AvgIpc) is 2.30. The summed E-state index contributed by atoms with van der Waals surface area (Å²) in [6.07, 6.45) is 0.608. The minimum absolute atomic E-state index is 0.241. The molecule has 0 aromatic heterocycles. The van der Waals surface area contributed by atoms with Crippen LogP contribution in [0.1, 0.15) is 11.1 Å². The molecule has 2 aromatic rings. The maximum Gasteiger partial charge on any atom is 0.123 e. The van der Waals surface area contributed by atoms with Crippen LogP contribution in [0.4, 0.5) is 10.1 Å². The van der Waals surface area contributed by atoms with Crippen LogP contribution in [0.25, 0.3) is 0 Å². The highest BCUT2D eigenvalue weighted by molar-refractivity contribution is 9.11. The molecule has 94 valence electrons. The van der Waals surface area contributed by atoms with Crippen molar-refractivity contribution in [1.29, 1.82) is 0 Å². The van der Waals surface area contributed by atoms with Gasteiger partial charge in [0.2, 0.25) is 0 Å². The number of hydrogen-bond donors (Lipinski definition) is 1. The molecule has 0 radical (unpaired) electrons. The van der Waals surface area contributed by atoms with Crippen LogP contribution < -0.4 is 5.73 Å². The standard InChI is InChI=1S/C13H9Br3FN/c14-10-2-1-9(17)4-7(10)3-8-5-13(18)12(16)6-11(8)15/h1-2,4-6H,3,18H2. The molecule has 0 bridgehead atoms. The van der Waals surface area contributed by atoms with Gasteiger partial charge in [-0.3, -0.25) is 0 Å². The zero-order chi connectivity index (χ0) is 13.3. The molecule has 0 atom stereocenters. The van der Waals surface area contributed by atoms with E-state index in [-0.39, 0.29) is 5.82 Å². The number of benzene rings is 2. The van der Waals surface area contributed by atoms with Crippen molar-refractivity contribution in [3.63, 3.8) is 0 Å². The fraction of sp³-hybridized carbons (Fsp3) is 0.0769. The van der Waals surface area contributed by atoms with Crippen LogP contribution in [0.5, 0.6) is 0 Å². The summed E-state index contributed by atoms with van der Waals surface area (Å²) in [6, 6.07) is 8.44. The lowest BCUT2D eigenvalue weighted by atomic mass is 10.0. The van der Waals surface area contributed by atoms with Crippen molar-refractivity contribution in [2.75, 3.05) is 5.73 Å². The van der Waals surface area contributed by atoms with Crippen LogP contribution >= 0.6 is 47.8 Å². The molecule has 5 heteroatoms. The van der Waals surface area contributed by atoms with E-state index in [1.165, 1.54) is 12.1 Å². The van der Waals surface area contributed by atoms with Crippen molar-refractivity contribution in [3.8, 4) is 0 Å². The number of nitrogen functional groups attached to an aromatic ring is 1. The lowest BCUT2D eigenvalue weighted by molar-refractivity contribution is 0.625. The van der Waals surface area contributed by atoms with E-state index >= 15 is 0 Å². The van der Waals surface area contributed by atoms with E-state index in [0.29, 0.717) is 12.1 Å². The van der Waals surface area contributed by atoms with E-state index in [1.54, 1.807) is 6.07 Å². The van der Waals surface area contributed by atoms with Crippen LogP contribution in [-0.4, -0.2) is 0 Å². The zero-order valence-corrected chi connectivity index (χ0v) is 13.9. The fourth-order valence-corrected chi connectivity index (χ4v) is 3.15. The lowest BCUT2D eigenvalue weighted by Crippen LogP contribution is -1.95. The van der Waals surface area contributed by atoms with Gasteiger partial charge >= 0.3 is 0 Å². The molecule has 1 nitrogen and oxygen atoms in total. The van der Waals surface area contributed by atoms with Gasteiger partial charge in [0.05, 0.1) is 0 Å². The van der Waals surface area contributed by atoms with E-state index in [4.69, 9.17) is 5.73 Å². The molecule has 0 saturated carbocycles. The quantitative estimate of drug-likeness (QED) is 0.635. The van der Waals surface area contributed by atoms with Crippen LogP contribution in [0.15, 0.2) is 43.7 Å². The van der Waals surface area contributed by atoms with Gasteiger partial charge in [-0.1, -0.05) is 31.9 Å². The fourth-order valence-electron chi connectivity index (χ4n) is 1.63. The maximum atomic E-state index is 13.2. The van der Waals surface area contributed by atoms with Gasteiger partial charge in [0.25, 0.3) is 0 Å². The molecule has 0 amide bonds. The van der Waals surface area contributed by atoms with Gasteiger partial charge in [-0.05, 0) is 63.8 Å².